The Morgan fingerprint density at radius 1 is 1.22 bits per heavy atom. The first-order chi connectivity index (χ1) is 3.63. The van der Waals surface area contributed by atoms with Gasteiger partial charge in [0.15, 0.2) is 0 Å². The summed E-state index contributed by atoms with van der Waals surface area (Å²) in [5.74, 6) is -0.131. The van der Waals surface area contributed by atoms with Crippen molar-refractivity contribution >= 4 is 14.0 Å². The van der Waals surface area contributed by atoms with Gasteiger partial charge in [0.2, 0.25) is 5.96 Å². The molecule has 0 aromatic rings. The third-order valence-corrected chi connectivity index (χ3v) is 0.559. The van der Waals surface area contributed by atoms with E-state index in [-0.39, 0.29) is 31.8 Å². The molecule has 0 heterocycles. The molecular weight excluding hydrogens is 306 g/mol. The van der Waals surface area contributed by atoms with E-state index in [2.05, 4.69) is 9.96 Å². The van der Waals surface area contributed by atoms with Crippen LogP contribution < -0.4 is 22.5 Å². The van der Waals surface area contributed by atoms with Gasteiger partial charge in [-0.05, 0) is 0 Å². The summed E-state index contributed by atoms with van der Waals surface area (Å²) >= 11 is 0. The quantitative estimate of drug-likeness (QED) is 0.156. The van der Waals surface area contributed by atoms with Crippen LogP contribution in [0.4, 0.5) is 0 Å². The first-order valence-electron chi connectivity index (χ1n) is 1.72. The van der Waals surface area contributed by atoms with Gasteiger partial charge < -0.3 is 11.5 Å². The van der Waals surface area contributed by atoms with Crippen molar-refractivity contribution in [1.29, 1.82) is 0 Å². The largest absolute Gasteiger partial charge is 0.413 e. The predicted molar refractivity (Wildman–Crippen MR) is 33.5 cm³/mol. The summed E-state index contributed by atoms with van der Waals surface area (Å²) in [5.41, 5.74) is 19.7. The van der Waals surface area contributed by atoms with Crippen LogP contribution in [0, 0.1) is 0 Å². The van der Waals surface area contributed by atoms with Crippen LogP contribution in [0.15, 0.2) is 9.96 Å². The molecule has 0 aliphatic heterocycles. The average Bonchev–Trinajstić information content (AvgIpc) is 1.61. The van der Waals surface area contributed by atoms with E-state index in [4.69, 9.17) is 22.5 Å². The molecule has 0 aromatic heterocycles. The maximum Gasteiger partial charge on any atom is 0.413 e. The molecule has 8 heteroatoms. The molecule has 0 fully saturated rings. The van der Waals surface area contributed by atoms with Gasteiger partial charge >= 0.3 is 8.01 Å². The van der Waals surface area contributed by atoms with Gasteiger partial charge in [-0.15, -0.1) is 11.0 Å². The summed E-state index contributed by atoms with van der Waals surface area (Å²) in [6.45, 7) is 0. The summed E-state index contributed by atoms with van der Waals surface area (Å²) in [4.78, 5) is 3.28. The van der Waals surface area contributed by atoms with Gasteiger partial charge in [0.25, 0.3) is 0 Å². The molecule has 0 bridgehead atoms. The minimum atomic E-state index is -1.36. The fourth-order valence-corrected chi connectivity index (χ4v) is 0.310. The molecule has 0 aliphatic rings. The Bertz CT molecular complexity index is 105. The zero-order valence-electron chi connectivity index (χ0n) is 4.65. The minimum absolute atomic E-state index is 0. The van der Waals surface area contributed by atoms with E-state index >= 15 is 0 Å². The molecule has 0 saturated heterocycles. The molecule has 0 rings (SSSR count). The molecule has 0 atom stereocenters. The van der Waals surface area contributed by atoms with Crippen molar-refractivity contribution in [3.8, 4) is 0 Å². The van der Waals surface area contributed by atoms with Crippen LogP contribution in [0.25, 0.3) is 0 Å². The molecule has 0 aliphatic carbocycles. The standard InChI is InChI=1S/CH8N6P.Hf/c2-1(3)6-7-8(4)5;/h(H4,2,3,6)(H4,4,5,7);/q+1;. The third-order valence-electron chi connectivity index (χ3n) is 0.263. The second-order valence-corrected chi connectivity index (χ2v) is 1.93. The summed E-state index contributed by atoms with van der Waals surface area (Å²) in [7, 11) is -1.36. The zero-order valence-corrected chi connectivity index (χ0v) is 9.14. The Morgan fingerprint density at radius 2 is 1.67 bits per heavy atom. The van der Waals surface area contributed by atoms with Crippen molar-refractivity contribution in [2.24, 2.45) is 32.4 Å². The molecule has 0 spiro atoms. The Labute approximate surface area is 72.4 Å². The second-order valence-electron chi connectivity index (χ2n) is 0.994. The van der Waals surface area contributed by atoms with Gasteiger partial charge in [0, 0.05) is 25.8 Å². The molecule has 9 heavy (non-hydrogen) atoms. The van der Waals surface area contributed by atoms with Crippen LogP contribution in [0.5, 0.6) is 0 Å². The molecule has 50 valence electrons. The molecule has 8 N–H and O–H groups in total. The van der Waals surface area contributed by atoms with Crippen LogP contribution in [0.1, 0.15) is 0 Å². The van der Waals surface area contributed by atoms with Crippen molar-refractivity contribution < 1.29 is 25.8 Å². The maximum absolute atomic E-state index is 5.00. The number of hydrogen-bond acceptors (Lipinski definition) is 1. The Balaban J connectivity index is 0. The zero-order chi connectivity index (χ0) is 6.57. The van der Waals surface area contributed by atoms with Crippen molar-refractivity contribution in [2.45, 2.75) is 0 Å². The third kappa shape index (κ3) is 11.6. The number of hydrogen-bond donors (Lipinski definition) is 4. The first-order valence-corrected chi connectivity index (χ1v) is 3.15. The predicted octanol–water partition coefficient (Wildman–Crippen LogP) is -1.41. The average molecular weight is 314 g/mol. The molecular formula is CH8HfN6P+. The van der Waals surface area contributed by atoms with Crippen LogP contribution in [0.2, 0.25) is 0 Å². The van der Waals surface area contributed by atoms with Gasteiger partial charge in [-0.1, -0.05) is 5.10 Å². The van der Waals surface area contributed by atoms with Crippen LogP contribution in [0.3, 0.4) is 0 Å². The monoisotopic (exact) mass is 315 g/mol. The molecule has 0 radical (unpaired) electrons. The van der Waals surface area contributed by atoms with Crippen molar-refractivity contribution in [3.63, 3.8) is 0 Å². The Kier molecular flexibility index (Phi) is 8.31. The Morgan fingerprint density at radius 3 is 1.78 bits per heavy atom. The van der Waals surface area contributed by atoms with E-state index in [0.29, 0.717) is 0 Å². The molecule has 0 aromatic carbocycles. The van der Waals surface area contributed by atoms with E-state index in [1.807, 2.05) is 0 Å². The summed E-state index contributed by atoms with van der Waals surface area (Å²) in [5, 5.41) is 3.20. The van der Waals surface area contributed by atoms with E-state index in [1.165, 1.54) is 0 Å². The molecule has 0 saturated carbocycles. The number of nitrogens with zero attached hydrogens (tertiary/aromatic N) is 2. The molecule has 0 amide bonds. The summed E-state index contributed by atoms with van der Waals surface area (Å²) in [6.07, 6.45) is 0. The van der Waals surface area contributed by atoms with Gasteiger partial charge in [-0.3, -0.25) is 0 Å². The van der Waals surface area contributed by atoms with Gasteiger partial charge in [0.1, 0.15) is 0 Å². The van der Waals surface area contributed by atoms with E-state index in [0.717, 1.165) is 0 Å². The van der Waals surface area contributed by atoms with Crippen molar-refractivity contribution in [2.75, 3.05) is 0 Å². The Hall–Kier alpha value is 0.160. The summed E-state index contributed by atoms with van der Waals surface area (Å²) in [6, 6.07) is 0. The normalized spacial score (nSPS) is 6.89. The van der Waals surface area contributed by atoms with Gasteiger partial charge in [-0.2, -0.15) is 0 Å². The van der Waals surface area contributed by atoms with Crippen LogP contribution in [-0.4, -0.2) is 5.96 Å². The number of rotatable bonds is 1. The molecule has 6 nitrogen and oxygen atoms in total. The van der Waals surface area contributed by atoms with Gasteiger partial charge in [-0.25, -0.2) is 0 Å². The van der Waals surface area contributed by atoms with E-state index in [9.17, 15) is 0 Å². The van der Waals surface area contributed by atoms with E-state index in [1.54, 1.807) is 0 Å². The van der Waals surface area contributed by atoms with Crippen LogP contribution in [-0.2, 0) is 25.8 Å². The first kappa shape index (κ1) is 11.9. The topological polar surface area (TPSA) is 129 Å². The fraction of sp³-hybridized carbons (Fsp3) is 0. The minimum Gasteiger partial charge on any atom is -0.368 e. The summed E-state index contributed by atoms with van der Waals surface area (Å²) < 4.78 is 0. The molecule has 0 unspecified atom stereocenters. The SMILES string of the molecule is NC(N)=NN=[P+](N)N.[Hf]. The van der Waals surface area contributed by atoms with Crippen molar-refractivity contribution in [3.05, 3.63) is 0 Å². The smallest absolute Gasteiger partial charge is 0.368 e. The fourth-order valence-electron chi connectivity index (χ4n) is 0.103. The number of nitrogens with two attached hydrogens (primary N) is 4. The maximum atomic E-state index is 5.00. The van der Waals surface area contributed by atoms with Crippen molar-refractivity contribution in [1.82, 2.24) is 0 Å². The van der Waals surface area contributed by atoms with Gasteiger partial charge in [0.05, 0.1) is 4.85 Å². The second kappa shape index (κ2) is 6.28. The van der Waals surface area contributed by atoms with E-state index < -0.39 is 8.01 Å². The van der Waals surface area contributed by atoms with Crippen LogP contribution >= 0.6 is 8.01 Å². The number of guanidine groups is 1.